The van der Waals surface area contributed by atoms with Gasteiger partial charge >= 0.3 is 5.97 Å². The summed E-state index contributed by atoms with van der Waals surface area (Å²) in [7, 11) is 0. The summed E-state index contributed by atoms with van der Waals surface area (Å²) in [5.41, 5.74) is -0.475. The molecular weight excluding hydrogens is 148 g/mol. The summed E-state index contributed by atoms with van der Waals surface area (Å²) >= 11 is 0. The lowest BCUT2D eigenvalue weighted by atomic mass is 10.0. The first kappa shape index (κ1) is 7.40. The molecule has 4 heteroatoms. The lowest BCUT2D eigenvalue weighted by Crippen LogP contribution is -2.15. The quantitative estimate of drug-likeness (QED) is 0.413. The predicted molar refractivity (Wildman–Crippen MR) is 34.9 cm³/mol. The van der Waals surface area contributed by atoms with E-state index < -0.39 is 23.1 Å². The first-order valence-electron chi connectivity index (χ1n) is 2.82. The second-order valence-electron chi connectivity index (χ2n) is 1.96. The van der Waals surface area contributed by atoms with Crippen molar-refractivity contribution in [2.45, 2.75) is 0 Å². The van der Waals surface area contributed by atoms with Crippen LogP contribution in [0.5, 0.6) is 0 Å². The number of hydrogen-bond donors (Lipinski definition) is 1. The molecule has 0 spiro atoms. The minimum atomic E-state index is -1.37. The average molecular weight is 152 g/mol. The largest absolute Gasteiger partial charge is 0.478 e. The highest BCUT2D eigenvalue weighted by molar-refractivity contribution is 6.28. The molecule has 0 aromatic rings. The number of allylic oxidation sites excluding steroid dienone is 3. The number of rotatable bonds is 1. The monoisotopic (exact) mass is 152 g/mol. The van der Waals surface area contributed by atoms with Gasteiger partial charge in [0.2, 0.25) is 0 Å². The fourth-order valence-electron chi connectivity index (χ4n) is 0.676. The minimum Gasteiger partial charge on any atom is -0.478 e. The third-order valence-electron chi connectivity index (χ3n) is 1.18. The third kappa shape index (κ3) is 1.40. The van der Waals surface area contributed by atoms with E-state index in [2.05, 4.69) is 0 Å². The third-order valence-corrected chi connectivity index (χ3v) is 1.18. The van der Waals surface area contributed by atoms with Crippen LogP contribution in [0, 0.1) is 0 Å². The molecule has 0 bridgehead atoms. The van der Waals surface area contributed by atoms with Crippen molar-refractivity contribution in [1.82, 2.24) is 0 Å². The van der Waals surface area contributed by atoms with Gasteiger partial charge in [0, 0.05) is 6.08 Å². The van der Waals surface area contributed by atoms with Crippen LogP contribution in [0.2, 0.25) is 0 Å². The molecule has 1 aliphatic carbocycles. The molecule has 0 heterocycles. The van der Waals surface area contributed by atoms with Crippen molar-refractivity contribution < 1.29 is 19.5 Å². The SMILES string of the molecule is O=C1C=CC(=O)C(C(=O)O)=C1. The summed E-state index contributed by atoms with van der Waals surface area (Å²) in [4.78, 5) is 31.5. The first-order chi connectivity index (χ1) is 5.11. The summed E-state index contributed by atoms with van der Waals surface area (Å²) in [6, 6.07) is 0. The van der Waals surface area contributed by atoms with Crippen LogP contribution in [-0.2, 0) is 14.4 Å². The fourth-order valence-corrected chi connectivity index (χ4v) is 0.676. The van der Waals surface area contributed by atoms with Crippen molar-refractivity contribution in [3.05, 3.63) is 23.8 Å². The van der Waals surface area contributed by atoms with E-state index in [0.29, 0.717) is 0 Å². The maximum atomic E-state index is 10.7. The Labute approximate surface area is 61.8 Å². The molecule has 0 unspecified atom stereocenters. The summed E-state index contributed by atoms with van der Waals surface area (Å²) in [5, 5.41) is 8.35. The van der Waals surface area contributed by atoms with E-state index in [0.717, 1.165) is 18.2 Å². The number of hydrogen-bond acceptors (Lipinski definition) is 3. The fraction of sp³-hybridized carbons (Fsp3) is 0. The van der Waals surface area contributed by atoms with Gasteiger partial charge < -0.3 is 5.11 Å². The second kappa shape index (κ2) is 2.49. The maximum Gasteiger partial charge on any atom is 0.339 e. The molecule has 1 N–H and O–H groups in total. The zero-order valence-corrected chi connectivity index (χ0v) is 5.40. The number of ketones is 2. The van der Waals surface area contributed by atoms with Gasteiger partial charge in [0.15, 0.2) is 11.6 Å². The summed E-state index contributed by atoms with van der Waals surface area (Å²) in [6.07, 6.45) is 2.80. The van der Waals surface area contributed by atoms with Crippen molar-refractivity contribution in [3.8, 4) is 0 Å². The van der Waals surface area contributed by atoms with Crippen LogP contribution in [0.25, 0.3) is 0 Å². The molecule has 0 radical (unpaired) electrons. The number of carboxylic acid groups (broad SMARTS) is 1. The van der Waals surface area contributed by atoms with Gasteiger partial charge in [0.1, 0.15) is 5.57 Å². The van der Waals surface area contributed by atoms with Gasteiger partial charge in [-0.2, -0.15) is 0 Å². The van der Waals surface area contributed by atoms with Crippen molar-refractivity contribution >= 4 is 17.5 Å². The van der Waals surface area contributed by atoms with Gasteiger partial charge in [-0.15, -0.1) is 0 Å². The number of carbonyl (C=O) groups is 3. The summed E-state index contributed by atoms with van der Waals surface area (Å²) < 4.78 is 0. The highest BCUT2D eigenvalue weighted by Gasteiger charge is 2.18. The van der Waals surface area contributed by atoms with Crippen molar-refractivity contribution in [2.75, 3.05) is 0 Å². The van der Waals surface area contributed by atoms with Crippen LogP contribution in [0.3, 0.4) is 0 Å². The van der Waals surface area contributed by atoms with E-state index >= 15 is 0 Å². The Balaban J connectivity index is 3.03. The van der Waals surface area contributed by atoms with Crippen LogP contribution in [0.4, 0.5) is 0 Å². The molecule has 0 saturated carbocycles. The lowest BCUT2D eigenvalue weighted by Gasteiger charge is -1.98. The molecule has 11 heavy (non-hydrogen) atoms. The summed E-state index contributed by atoms with van der Waals surface area (Å²) in [6.45, 7) is 0. The Kier molecular flexibility index (Phi) is 1.68. The Morgan fingerprint density at radius 1 is 1.27 bits per heavy atom. The normalized spacial score (nSPS) is 16.5. The van der Waals surface area contributed by atoms with E-state index in [1.165, 1.54) is 0 Å². The molecule has 1 aliphatic rings. The van der Waals surface area contributed by atoms with Crippen molar-refractivity contribution in [1.29, 1.82) is 0 Å². The standard InChI is InChI=1S/C7H4O4/c8-4-1-2-6(9)5(3-4)7(10)11/h1-3H,(H,10,11). The molecule has 0 saturated heterocycles. The van der Waals surface area contributed by atoms with E-state index in [4.69, 9.17) is 5.11 Å². The van der Waals surface area contributed by atoms with Crippen LogP contribution in [0.15, 0.2) is 23.8 Å². The molecule has 0 aliphatic heterocycles. The zero-order valence-electron chi connectivity index (χ0n) is 5.40. The van der Waals surface area contributed by atoms with Crippen LogP contribution < -0.4 is 0 Å². The predicted octanol–water partition coefficient (Wildman–Crippen LogP) is -0.295. The molecule has 0 fully saturated rings. The Morgan fingerprint density at radius 3 is 2.36 bits per heavy atom. The second-order valence-corrected chi connectivity index (χ2v) is 1.96. The highest BCUT2D eigenvalue weighted by atomic mass is 16.4. The van der Waals surface area contributed by atoms with Gasteiger partial charge in [-0.1, -0.05) is 0 Å². The highest BCUT2D eigenvalue weighted by Crippen LogP contribution is 2.04. The van der Waals surface area contributed by atoms with Crippen LogP contribution >= 0.6 is 0 Å². The number of aliphatic carboxylic acids is 1. The van der Waals surface area contributed by atoms with E-state index in [9.17, 15) is 14.4 Å². The molecule has 0 atom stereocenters. The topological polar surface area (TPSA) is 71.4 Å². The van der Waals surface area contributed by atoms with E-state index in [1.807, 2.05) is 0 Å². The lowest BCUT2D eigenvalue weighted by molar-refractivity contribution is -0.134. The Bertz CT molecular complexity index is 296. The van der Waals surface area contributed by atoms with Gasteiger partial charge in [0.25, 0.3) is 0 Å². The minimum absolute atomic E-state index is 0.470. The summed E-state index contributed by atoms with van der Waals surface area (Å²) in [5.74, 6) is -2.48. The Morgan fingerprint density at radius 2 is 1.91 bits per heavy atom. The molecule has 0 aromatic carbocycles. The molecule has 56 valence electrons. The maximum absolute atomic E-state index is 10.7. The Hall–Kier alpha value is -1.71. The zero-order chi connectivity index (χ0) is 8.43. The smallest absolute Gasteiger partial charge is 0.339 e. The van der Waals surface area contributed by atoms with Crippen LogP contribution in [-0.4, -0.2) is 22.6 Å². The molecular formula is C7H4O4. The number of carboxylic acids is 1. The number of carbonyl (C=O) groups excluding carboxylic acids is 2. The average Bonchev–Trinajstić information content (AvgIpc) is 1.94. The van der Waals surface area contributed by atoms with Gasteiger partial charge in [-0.05, 0) is 12.2 Å². The molecule has 1 rings (SSSR count). The molecule has 0 amide bonds. The van der Waals surface area contributed by atoms with Gasteiger partial charge in [0.05, 0.1) is 0 Å². The van der Waals surface area contributed by atoms with Crippen LogP contribution in [0.1, 0.15) is 0 Å². The van der Waals surface area contributed by atoms with Gasteiger partial charge in [-0.3, -0.25) is 9.59 Å². The molecule has 4 nitrogen and oxygen atoms in total. The molecule has 0 aromatic heterocycles. The first-order valence-corrected chi connectivity index (χ1v) is 2.82. The van der Waals surface area contributed by atoms with E-state index in [-0.39, 0.29) is 0 Å². The van der Waals surface area contributed by atoms with Gasteiger partial charge in [-0.25, -0.2) is 4.79 Å². The van der Waals surface area contributed by atoms with Crippen molar-refractivity contribution in [3.63, 3.8) is 0 Å². The van der Waals surface area contributed by atoms with Crippen molar-refractivity contribution in [2.24, 2.45) is 0 Å². The van der Waals surface area contributed by atoms with E-state index in [1.54, 1.807) is 0 Å².